The molecule has 10 nitrogen and oxygen atoms in total. The summed E-state index contributed by atoms with van der Waals surface area (Å²) < 4.78 is 41.3. The molecule has 1 aromatic carbocycles. The first-order valence-electron chi connectivity index (χ1n) is 14.4. The van der Waals surface area contributed by atoms with Crippen molar-refractivity contribution in [2.24, 2.45) is 5.92 Å². The molecule has 0 radical (unpaired) electrons. The van der Waals surface area contributed by atoms with Crippen LogP contribution in [0.15, 0.2) is 30.5 Å². The van der Waals surface area contributed by atoms with E-state index in [0.717, 1.165) is 32.1 Å². The van der Waals surface area contributed by atoms with Crippen LogP contribution in [0.4, 0.5) is 30.6 Å². The smallest absolute Gasteiger partial charge is 0.367 e. The Morgan fingerprint density at radius 2 is 1.74 bits per heavy atom. The topological polar surface area (TPSA) is 106 Å². The molecule has 2 amide bonds. The summed E-state index contributed by atoms with van der Waals surface area (Å²) in [5.74, 6) is -0.760. The quantitative estimate of drug-likeness (QED) is 0.385. The van der Waals surface area contributed by atoms with Gasteiger partial charge >= 0.3 is 6.18 Å². The summed E-state index contributed by atoms with van der Waals surface area (Å²) in [6, 6.07) is 6.58. The zero-order valence-electron chi connectivity index (χ0n) is 24.7. The second-order valence-electron chi connectivity index (χ2n) is 11.6. The van der Waals surface area contributed by atoms with Crippen LogP contribution in [0.25, 0.3) is 0 Å². The van der Waals surface area contributed by atoms with Crippen molar-refractivity contribution in [1.82, 2.24) is 30.0 Å². The maximum Gasteiger partial charge on any atom is 0.421 e. The van der Waals surface area contributed by atoms with Crippen LogP contribution in [0.2, 0.25) is 0 Å². The highest BCUT2D eigenvalue weighted by Gasteiger charge is 2.37. The van der Waals surface area contributed by atoms with Gasteiger partial charge in [0.25, 0.3) is 5.91 Å². The Morgan fingerprint density at radius 1 is 1.05 bits per heavy atom. The van der Waals surface area contributed by atoms with Crippen LogP contribution in [0.5, 0.6) is 0 Å². The molecular weight excluding hydrogens is 549 g/mol. The average Bonchev–Trinajstić information content (AvgIpc) is 3.41. The van der Waals surface area contributed by atoms with E-state index >= 15 is 0 Å². The molecule has 13 heteroatoms. The van der Waals surface area contributed by atoms with Crippen molar-refractivity contribution in [1.29, 1.82) is 0 Å². The average molecular weight is 591 g/mol. The van der Waals surface area contributed by atoms with Crippen molar-refractivity contribution >= 4 is 29.3 Å². The minimum atomic E-state index is -4.65. The molecule has 0 spiro atoms. The molecule has 230 valence electrons. The van der Waals surface area contributed by atoms with Gasteiger partial charge < -0.3 is 30.7 Å². The summed E-state index contributed by atoms with van der Waals surface area (Å²) >= 11 is 0. The maximum absolute atomic E-state index is 13.8. The lowest BCUT2D eigenvalue weighted by atomic mass is 10.0. The van der Waals surface area contributed by atoms with Crippen LogP contribution in [0.3, 0.4) is 0 Å². The minimum Gasteiger partial charge on any atom is -0.367 e. The molecule has 2 aliphatic rings. The summed E-state index contributed by atoms with van der Waals surface area (Å²) in [6.07, 6.45) is -0.495. The lowest BCUT2D eigenvalue weighted by Gasteiger charge is -2.35. The number of nitrogens with one attached hydrogen (secondary N) is 3. The van der Waals surface area contributed by atoms with Crippen molar-refractivity contribution in [2.75, 3.05) is 65.0 Å². The molecule has 2 fully saturated rings. The van der Waals surface area contributed by atoms with E-state index in [4.69, 9.17) is 0 Å². The number of amides is 2. The van der Waals surface area contributed by atoms with E-state index in [9.17, 15) is 22.8 Å². The number of carbonyl (C=O) groups is 2. The number of carbonyl (C=O) groups excluding carboxylic acids is 2. The second kappa shape index (κ2) is 13.7. The molecule has 0 unspecified atom stereocenters. The van der Waals surface area contributed by atoms with E-state index < -0.39 is 11.7 Å². The van der Waals surface area contributed by atoms with Gasteiger partial charge in [0.2, 0.25) is 11.9 Å². The molecule has 4 rings (SSSR count). The number of anilines is 3. The fourth-order valence-corrected chi connectivity index (χ4v) is 5.43. The number of hydrogen-bond donors (Lipinski definition) is 3. The molecule has 1 saturated heterocycles. The summed E-state index contributed by atoms with van der Waals surface area (Å²) in [7, 11) is 7.72. The zero-order chi connectivity index (χ0) is 30.4. The highest BCUT2D eigenvalue weighted by atomic mass is 19.4. The predicted molar refractivity (Wildman–Crippen MR) is 156 cm³/mol. The second-order valence-corrected chi connectivity index (χ2v) is 11.6. The first-order valence-corrected chi connectivity index (χ1v) is 14.4. The highest BCUT2D eigenvalue weighted by Crippen LogP contribution is 2.36. The van der Waals surface area contributed by atoms with E-state index in [1.54, 1.807) is 29.2 Å². The van der Waals surface area contributed by atoms with Gasteiger partial charge in [-0.15, -0.1) is 0 Å². The first kappa shape index (κ1) is 31.5. The third-order valence-corrected chi connectivity index (χ3v) is 8.04. The van der Waals surface area contributed by atoms with Gasteiger partial charge in [0, 0.05) is 55.6 Å². The van der Waals surface area contributed by atoms with Crippen LogP contribution < -0.4 is 16.0 Å². The van der Waals surface area contributed by atoms with Crippen LogP contribution in [0, 0.1) is 5.92 Å². The van der Waals surface area contributed by atoms with E-state index in [2.05, 4.69) is 37.9 Å². The molecular formula is C29H41F3N8O2. The van der Waals surface area contributed by atoms with Crippen molar-refractivity contribution in [2.45, 2.75) is 50.4 Å². The molecule has 1 aromatic heterocycles. The summed E-state index contributed by atoms with van der Waals surface area (Å²) in [4.78, 5) is 39.5. The molecule has 2 aromatic rings. The van der Waals surface area contributed by atoms with Gasteiger partial charge in [-0.3, -0.25) is 9.59 Å². The maximum atomic E-state index is 13.8. The van der Waals surface area contributed by atoms with Crippen molar-refractivity contribution in [3.63, 3.8) is 0 Å². The lowest BCUT2D eigenvalue weighted by molar-refractivity contribution is -0.137. The monoisotopic (exact) mass is 590 g/mol. The summed E-state index contributed by atoms with van der Waals surface area (Å²) in [5, 5.41) is 8.76. The largest absolute Gasteiger partial charge is 0.421 e. The number of aromatic nitrogens is 2. The van der Waals surface area contributed by atoms with Crippen molar-refractivity contribution < 1.29 is 22.8 Å². The zero-order valence-corrected chi connectivity index (χ0v) is 24.7. The lowest BCUT2D eigenvalue weighted by Crippen LogP contribution is -2.44. The normalized spacial score (nSPS) is 20.0. The van der Waals surface area contributed by atoms with E-state index in [1.807, 2.05) is 26.0 Å². The Morgan fingerprint density at radius 3 is 2.38 bits per heavy atom. The number of benzene rings is 1. The molecule has 42 heavy (non-hydrogen) atoms. The Kier molecular flexibility index (Phi) is 10.3. The number of rotatable bonds is 10. The molecule has 1 aliphatic carbocycles. The Bertz CT molecular complexity index is 1220. The van der Waals surface area contributed by atoms with Gasteiger partial charge in [-0.25, -0.2) is 4.98 Å². The van der Waals surface area contributed by atoms with Gasteiger partial charge in [-0.2, -0.15) is 18.2 Å². The van der Waals surface area contributed by atoms with Gasteiger partial charge in [-0.1, -0.05) is 0 Å². The minimum absolute atomic E-state index is 0.0102. The highest BCUT2D eigenvalue weighted by molar-refractivity contribution is 5.94. The molecule has 2 atom stereocenters. The van der Waals surface area contributed by atoms with Crippen molar-refractivity contribution in [3.8, 4) is 0 Å². The van der Waals surface area contributed by atoms with Crippen LogP contribution >= 0.6 is 0 Å². The Labute approximate surface area is 245 Å². The van der Waals surface area contributed by atoms with Gasteiger partial charge in [0.05, 0.1) is 0 Å². The molecule has 2 heterocycles. The fraction of sp³-hybridized carbons (Fsp3) is 0.586. The van der Waals surface area contributed by atoms with Crippen LogP contribution in [-0.2, 0) is 11.0 Å². The Hall–Kier alpha value is -3.45. The molecule has 1 aliphatic heterocycles. The third-order valence-electron chi connectivity index (χ3n) is 8.04. The van der Waals surface area contributed by atoms with Gasteiger partial charge in [0.15, 0.2) is 0 Å². The number of alkyl halides is 3. The van der Waals surface area contributed by atoms with Crippen LogP contribution in [0.1, 0.15) is 48.0 Å². The van der Waals surface area contributed by atoms with Crippen molar-refractivity contribution in [3.05, 3.63) is 41.6 Å². The predicted octanol–water partition coefficient (Wildman–Crippen LogP) is 3.66. The van der Waals surface area contributed by atoms with Gasteiger partial charge in [0.1, 0.15) is 11.4 Å². The van der Waals surface area contributed by atoms with Gasteiger partial charge in [-0.05, 0) is 90.6 Å². The summed E-state index contributed by atoms with van der Waals surface area (Å²) in [6.45, 7) is 3.12. The van der Waals surface area contributed by atoms with E-state index in [1.165, 1.54) is 0 Å². The number of hydrogen-bond acceptors (Lipinski definition) is 8. The van der Waals surface area contributed by atoms with E-state index in [-0.39, 0.29) is 41.6 Å². The SMILES string of the molecule is CN(C)CCNC(=O)[C@H]1CC[C@@H](Nc2nc(Nc3ccc(C(=O)N(C)C4CCN(C)CC4)cc3)ncc2C(F)(F)F)C1. The number of likely N-dealkylation sites (N-methyl/N-ethyl adjacent to an activating group) is 1. The fourth-order valence-electron chi connectivity index (χ4n) is 5.43. The third kappa shape index (κ3) is 8.31. The Balaban J connectivity index is 1.39. The number of likely N-dealkylation sites (tertiary alicyclic amines) is 1. The molecule has 0 bridgehead atoms. The molecule has 3 N–H and O–H groups in total. The van der Waals surface area contributed by atoms with E-state index in [0.29, 0.717) is 43.6 Å². The van der Waals surface area contributed by atoms with Crippen LogP contribution in [-0.4, -0.2) is 103 Å². The summed E-state index contributed by atoms with van der Waals surface area (Å²) in [5.41, 5.74) is 0.0959. The number of halogens is 3. The first-order chi connectivity index (χ1) is 19.9. The number of piperidine rings is 1. The number of nitrogens with zero attached hydrogens (tertiary/aromatic N) is 5. The standard InChI is InChI=1S/C29H41F3N8O2/c1-38(2)16-13-33-26(41)20-7-10-22(17-20)35-25-24(29(30,31)32)18-34-28(37-25)36-21-8-5-19(6-9-21)27(42)40(4)23-11-14-39(3)15-12-23/h5-6,8-9,18,20,22-23H,7,10-17H2,1-4H3,(H,33,41)(H2,34,35,36,37)/t20-,22+/m0/s1. The molecule has 1 saturated carbocycles.